The van der Waals surface area contributed by atoms with Crippen molar-refractivity contribution in [1.29, 1.82) is 0 Å². The molecule has 2 rings (SSSR count). The third kappa shape index (κ3) is 2.88. The number of hydrogen-bond donors (Lipinski definition) is 1. The van der Waals surface area contributed by atoms with Gasteiger partial charge in [0.05, 0.1) is 6.04 Å². The van der Waals surface area contributed by atoms with Gasteiger partial charge in [-0.3, -0.25) is 0 Å². The molecule has 3 heteroatoms. The number of aryl methyl sites for hydroxylation is 3. The maximum atomic E-state index is 13.7. The Labute approximate surface area is 121 Å². The van der Waals surface area contributed by atoms with Gasteiger partial charge < -0.3 is 5.73 Å². The van der Waals surface area contributed by atoms with Crippen LogP contribution in [0, 0.1) is 26.6 Å². The van der Waals surface area contributed by atoms with Crippen LogP contribution in [-0.4, -0.2) is 0 Å². The Bertz CT molecular complexity index is 599. The second-order valence-electron chi connectivity index (χ2n) is 4.97. The van der Waals surface area contributed by atoms with Gasteiger partial charge in [0.15, 0.2) is 0 Å². The summed E-state index contributed by atoms with van der Waals surface area (Å²) in [6.45, 7) is 5.57. The Morgan fingerprint density at radius 3 is 2.21 bits per heavy atom. The molecule has 0 aliphatic heterocycles. The fourth-order valence-corrected chi connectivity index (χ4v) is 2.73. The lowest BCUT2D eigenvalue weighted by Gasteiger charge is -2.17. The number of hydrogen-bond acceptors (Lipinski definition) is 1. The van der Waals surface area contributed by atoms with Gasteiger partial charge in [-0.25, -0.2) is 4.39 Å². The molecule has 0 fully saturated rings. The van der Waals surface area contributed by atoms with E-state index >= 15 is 0 Å². The molecule has 1 unspecified atom stereocenters. The molecule has 100 valence electrons. The largest absolute Gasteiger partial charge is 0.320 e. The van der Waals surface area contributed by atoms with E-state index in [-0.39, 0.29) is 11.9 Å². The van der Waals surface area contributed by atoms with E-state index in [0.29, 0.717) is 11.1 Å². The average Bonchev–Trinajstić information content (AvgIpc) is 2.37. The molecule has 2 N–H and O–H groups in total. The molecule has 0 spiro atoms. The highest BCUT2D eigenvalue weighted by Crippen LogP contribution is 2.29. The smallest absolute Gasteiger partial charge is 0.129 e. The van der Waals surface area contributed by atoms with E-state index in [9.17, 15) is 4.39 Å². The number of rotatable bonds is 2. The summed E-state index contributed by atoms with van der Waals surface area (Å²) in [5.74, 6) is -0.153. The number of benzene rings is 2. The van der Waals surface area contributed by atoms with Gasteiger partial charge in [0.2, 0.25) is 0 Å². The van der Waals surface area contributed by atoms with Gasteiger partial charge in [-0.05, 0) is 49.1 Å². The summed E-state index contributed by atoms with van der Waals surface area (Å²) in [5, 5.41) is 0. The minimum absolute atomic E-state index is 0.153. The molecular formula is C16H17BrFN. The van der Waals surface area contributed by atoms with Crippen molar-refractivity contribution in [2.75, 3.05) is 0 Å². The molecule has 0 saturated heterocycles. The first-order valence-electron chi connectivity index (χ1n) is 6.18. The molecule has 2 aromatic rings. The molecule has 0 heterocycles. The summed E-state index contributed by atoms with van der Waals surface area (Å²) in [5.41, 5.74) is 10.7. The van der Waals surface area contributed by atoms with Crippen LogP contribution in [0.5, 0.6) is 0 Å². The second kappa shape index (κ2) is 5.43. The summed E-state index contributed by atoms with van der Waals surface area (Å²) in [7, 11) is 0. The van der Waals surface area contributed by atoms with Gasteiger partial charge in [-0.1, -0.05) is 45.8 Å². The molecule has 19 heavy (non-hydrogen) atoms. The van der Waals surface area contributed by atoms with Crippen LogP contribution < -0.4 is 5.73 Å². The molecule has 1 nitrogen and oxygen atoms in total. The van der Waals surface area contributed by atoms with Crippen molar-refractivity contribution in [3.05, 3.63) is 68.4 Å². The SMILES string of the molecule is Cc1ccc(Br)c(C(N)c2cc(C)c(F)c(C)c2)c1. The van der Waals surface area contributed by atoms with Crippen molar-refractivity contribution >= 4 is 15.9 Å². The topological polar surface area (TPSA) is 26.0 Å². The van der Waals surface area contributed by atoms with Crippen molar-refractivity contribution in [3.63, 3.8) is 0 Å². The molecule has 0 aliphatic carbocycles. The second-order valence-corrected chi connectivity index (χ2v) is 5.83. The molecule has 0 aliphatic rings. The van der Waals surface area contributed by atoms with Crippen molar-refractivity contribution < 1.29 is 4.39 Å². The van der Waals surface area contributed by atoms with E-state index in [1.165, 1.54) is 0 Å². The lowest BCUT2D eigenvalue weighted by Crippen LogP contribution is -2.13. The minimum Gasteiger partial charge on any atom is -0.320 e. The van der Waals surface area contributed by atoms with Gasteiger partial charge in [0.25, 0.3) is 0 Å². The fraction of sp³-hybridized carbons (Fsp3) is 0.250. The normalized spacial score (nSPS) is 12.5. The highest BCUT2D eigenvalue weighted by Gasteiger charge is 2.15. The maximum Gasteiger partial charge on any atom is 0.129 e. The Morgan fingerprint density at radius 2 is 1.63 bits per heavy atom. The van der Waals surface area contributed by atoms with Crippen molar-refractivity contribution in [1.82, 2.24) is 0 Å². The van der Waals surface area contributed by atoms with Crippen molar-refractivity contribution in [3.8, 4) is 0 Å². The molecule has 0 radical (unpaired) electrons. The van der Waals surface area contributed by atoms with Crippen molar-refractivity contribution in [2.24, 2.45) is 5.73 Å². The number of halogens is 2. The molecule has 1 atom stereocenters. The lowest BCUT2D eigenvalue weighted by atomic mass is 9.95. The van der Waals surface area contributed by atoms with E-state index in [1.807, 2.05) is 31.2 Å². The standard InChI is InChI=1S/C16H17BrFN/c1-9-4-5-14(17)13(6-9)16(19)12-7-10(2)15(18)11(3)8-12/h4-8,16H,19H2,1-3H3. The number of nitrogens with two attached hydrogens (primary N) is 1. The minimum atomic E-state index is -0.257. The van der Waals surface area contributed by atoms with E-state index < -0.39 is 0 Å². The van der Waals surface area contributed by atoms with Crippen LogP contribution in [0.3, 0.4) is 0 Å². The van der Waals surface area contributed by atoms with Gasteiger partial charge in [-0.15, -0.1) is 0 Å². The Morgan fingerprint density at radius 1 is 1.05 bits per heavy atom. The highest BCUT2D eigenvalue weighted by atomic mass is 79.9. The molecule has 2 aromatic carbocycles. The fourth-order valence-electron chi connectivity index (χ4n) is 2.24. The quantitative estimate of drug-likeness (QED) is 0.862. The average molecular weight is 322 g/mol. The summed E-state index contributed by atoms with van der Waals surface area (Å²) in [6.07, 6.45) is 0. The van der Waals surface area contributed by atoms with Crippen LogP contribution in [0.4, 0.5) is 4.39 Å². The third-order valence-electron chi connectivity index (χ3n) is 3.30. The first-order valence-corrected chi connectivity index (χ1v) is 6.97. The Hall–Kier alpha value is -1.19. The summed E-state index contributed by atoms with van der Waals surface area (Å²) in [6, 6.07) is 9.47. The third-order valence-corrected chi connectivity index (χ3v) is 4.03. The van der Waals surface area contributed by atoms with Gasteiger partial charge in [0, 0.05) is 4.47 Å². The molecule has 0 bridgehead atoms. The van der Waals surface area contributed by atoms with E-state index in [1.54, 1.807) is 13.8 Å². The maximum absolute atomic E-state index is 13.7. The highest BCUT2D eigenvalue weighted by molar-refractivity contribution is 9.10. The van der Waals surface area contributed by atoms with Crippen LogP contribution in [0.15, 0.2) is 34.8 Å². The summed E-state index contributed by atoms with van der Waals surface area (Å²) >= 11 is 3.53. The zero-order valence-corrected chi connectivity index (χ0v) is 12.9. The molecule has 0 saturated carbocycles. The van der Waals surface area contributed by atoms with Crippen LogP contribution in [0.2, 0.25) is 0 Å². The summed E-state index contributed by atoms with van der Waals surface area (Å²) < 4.78 is 14.6. The van der Waals surface area contributed by atoms with E-state index in [2.05, 4.69) is 22.0 Å². The monoisotopic (exact) mass is 321 g/mol. The molecule has 0 amide bonds. The first-order chi connectivity index (χ1) is 8.90. The Balaban J connectivity index is 2.49. The van der Waals surface area contributed by atoms with E-state index in [0.717, 1.165) is 21.2 Å². The van der Waals surface area contributed by atoms with Gasteiger partial charge in [-0.2, -0.15) is 0 Å². The van der Waals surface area contributed by atoms with E-state index in [4.69, 9.17) is 5.73 Å². The van der Waals surface area contributed by atoms with Gasteiger partial charge >= 0.3 is 0 Å². The lowest BCUT2D eigenvalue weighted by molar-refractivity contribution is 0.607. The zero-order chi connectivity index (χ0) is 14.2. The van der Waals surface area contributed by atoms with Crippen molar-refractivity contribution in [2.45, 2.75) is 26.8 Å². The first kappa shape index (κ1) is 14.2. The zero-order valence-electron chi connectivity index (χ0n) is 11.3. The Kier molecular flexibility index (Phi) is 4.07. The molecule has 0 aromatic heterocycles. The van der Waals surface area contributed by atoms with Crippen LogP contribution in [-0.2, 0) is 0 Å². The predicted octanol–water partition coefficient (Wildman–Crippen LogP) is 4.56. The van der Waals surface area contributed by atoms with Crippen LogP contribution in [0.25, 0.3) is 0 Å². The molecular weight excluding hydrogens is 305 g/mol. The predicted molar refractivity (Wildman–Crippen MR) is 80.8 cm³/mol. The van der Waals surface area contributed by atoms with Crippen LogP contribution in [0.1, 0.15) is 33.9 Å². The van der Waals surface area contributed by atoms with Gasteiger partial charge in [0.1, 0.15) is 5.82 Å². The summed E-state index contributed by atoms with van der Waals surface area (Å²) in [4.78, 5) is 0. The van der Waals surface area contributed by atoms with Crippen LogP contribution >= 0.6 is 15.9 Å².